The van der Waals surface area contributed by atoms with Gasteiger partial charge in [0, 0.05) is 11.9 Å². The molecule has 0 aliphatic heterocycles. The third-order valence-corrected chi connectivity index (χ3v) is 1.70. The average molecular weight is 164 g/mol. The molecule has 0 aromatic heterocycles. The van der Waals surface area contributed by atoms with Gasteiger partial charge in [-0.25, -0.2) is 0 Å². The maximum Gasteiger partial charge on any atom is 0.339 e. The lowest BCUT2D eigenvalue weighted by atomic mass is 9.92. The van der Waals surface area contributed by atoms with Gasteiger partial charge in [-0.05, 0) is 6.92 Å². The Hall–Kier alpha value is -1.12. The molecule has 0 amide bonds. The zero-order chi connectivity index (χ0) is 8.97. The Morgan fingerprint density at radius 3 is 2.50 bits per heavy atom. The summed E-state index contributed by atoms with van der Waals surface area (Å²) >= 11 is 0. The summed E-state index contributed by atoms with van der Waals surface area (Å²) in [5, 5.41) is 0. The molecule has 0 bridgehead atoms. The van der Waals surface area contributed by atoms with Crippen molar-refractivity contribution in [2.24, 2.45) is 0 Å². The largest absolute Gasteiger partial charge is 0.341 e. The van der Waals surface area contributed by atoms with Crippen molar-refractivity contribution in [2.75, 3.05) is 0 Å². The second-order valence-electron chi connectivity index (χ2n) is 2.73. The number of halogens is 1. The summed E-state index contributed by atoms with van der Waals surface area (Å²) in [6.07, 6.45) is -0.0109. The molecule has 0 unspecified atom stereocenters. The molecule has 0 aliphatic carbocycles. The van der Waals surface area contributed by atoms with Gasteiger partial charge in [0.2, 0.25) is 0 Å². The number of aryl methyl sites for hydroxylation is 1. The van der Waals surface area contributed by atoms with Crippen molar-refractivity contribution >= 4 is 13.3 Å². The van der Waals surface area contributed by atoms with Gasteiger partial charge in [-0.1, -0.05) is 29.8 Å². The normalized spacial score (nSPS) is 9.50. The molecule has 0 aliphatic rings. The first-order valence-electron chi connectivity index (χ1n) is 3.90. The molecule has 1 rings (SSSR count). The van der Waals surface area contributed by atoms with Crippen LogP contribution in [-0.2, 0) is 0 Å². The SMILES string of the molecule is Cc1ccc(C(=O)CBF)cc1. The predicted octanol–water partition coefficient (Wildman–Crippen LogP) is 1.92. The number of carbonyl (C=O) groups is 1. The molecule has 1 aromatic carbocycles. The van der Waals surface area contributed by atoms with Crippen LogP contribution in [0.2, 0.25) is 6.32 Å². The number of rotatable bonds is 3. The van der Waals surface area contributed by atoms with Crippen LogP contribution in [0.1, 0.15) is 15.9 Å². The second kappa shape index (κ2) is 4.05. The summed E-state index contributed by atoms with van der Waals surface area (Å²) in [6.45, 7) is 1.95. The van der Waals surface area contributed by atoms with E-state index >= 15 is 0 Å². The van der Waals surface area contributed by atoms with Crippen LogP contribution in [0.25, 0.3) is 0 Å². The second-order valence-corrected chi connectivity index (χ2v) is 2.73. The molecular formula is C9H10BFO. The molecule has 0 N–H and O–H groups in total. The number of hydrogen-bond acceptors (Lipinski definition) is 1. The Morgan fingerprint density at radius 1 is 1.42 bits per heavy atom. The quantitative estimate of drug-likeness (QED) is 0.492. The van der Waals surface area contributed by atoms with Gasteiger partial charge in [0.05, 0.1) is 0 Å². The van der Waals surface area contributed by atoms with Crippen LogP contribution >= 0.6 is 0 Å². The van der Waals surface area contributed by atoms with Gasteiger partial charge in [0.25, 0.3) is 0 Å². The standard InChI is InChI=1S/C9H10BFO/c1-7-2-4-8(5-3-7)9(12)6-10-11/h2-5,10H,6H2,1H3. The molecular weight excluding hydrogens is 154 g/mol. The fourth-order valence-electron chi connectivity index (χ4n) is 0.970. The number of carbonyl (C=O) groups excluding carboxylic acids is 1. The van der Waals surface area contributed by atoms with Crippen LogP contribution in [0, 0.1) is 6.92 Å². The summed E-state index contributed by atoms with van der Waals surface area (Å²) < 4.78 is 11.8. The zero-order valence-corrected chi connectivity index (χ0v) is 7.01. The van der Waals surface area contributed by atoms with Crippen molar-refractivity contribution in [3.05, 3.63) is 35.4 Å². The fraction of sp³-hybridized carbons (Fsp3) is 0.222. The molecule has 0 heterocycles. The highest BCUT2D eigenvalue weighted by Gasteiger charge is 2.04. The van der Waals surface area contributed by atoms with E-state index in [1.165, 1.54) is 0 Å². The van der Waals surface area contributed by atoms with E-state index in [-0.39, 0.29) is 12.1 Å². The van der Waals surface area contributed by atoms with E-state index in [0.29, 0.717) is 5.56 Å². The van der Waals surface area contributed by atoms with Gasteiger partial charge in [-0.3, -0.25) is 4.79 Å². The summed E-state index contributed by atoms with van der Waals surface area (Å²) in [7, 11) is -0.577. The van der Waals surface area contributed by atoms with Gasteiger partial charge in [0.15, 0.2) is 5.78 Å². The van der Waals surface area contributed by atoms with E-state index in [1.807, 2.05) is 19.1 Å². The molecule has 1 aromatic rings. The van der Waals surface area contributed by atoms with Crippen molar-refractivity contribution in [3.8, 4) is 0 Å². The minimum atomic E-state index is -0.577. The van der Waals surface area contributed by atoms with Gasteiger partial charge in [0.1, 0.15) is 0 Å². The molecule has 0 saturated heterocycles. The van der Waals surface area contributed by atoms with Gasteiger partial charge in [-0.2, -0.15) is 0 Å². The van der Waals surface area contributed by atoms with Gasteiger partial charge in [-0.15, -0.1) is 0 Å². The Morgan fingerprint density at radius 2 is 2.00 bits per heavy atom. The van der Waals surface area contributed by atoms with E-state index in [2.05, 4.69) is 0 Å². The third-order valence-electron chi connectivity index (χ3n) is 1.70. The van der Waals surface area contributed by atoms with E-state index in [9.17, 15) is 9.11 Å². The molecule has 0 radical (unpaired) electrons. The van der Waals surface area contributed by atoms with E-state index in [4.69, 9.17) is 0 Å². The first kappa shape index (κ1) is 8.98. The highest BCUT2D eigenvalue weighted by atomic mass is 19.1. The number of benzene rings is 1. The lowest BCUT2D eigenvalue weighted by Gasteiger charge is -1.97. The highest BCUT2D eigenvalue weighted by molar-refractivity contribution is 6.35. The van der Waals surface area contributed by atoms with E-state index in [1.54, 1.807) is 12.1 Å². The summed E-state index contributed by atoms with van der Waals surface area (Å²) in [5.74, 6) is -0.127. The number of hydrogen-bond donors (Lipinski definition) is 0. The summed E-state index contributed by atoms with van der Waals surface area (Å²) in [6, 6.07) is 7.16. The Bertz CT molecular complexity index is 268. The monoisotopic (exact) mass is 164 g/mol. The van der Waals surface area contributed by atoms with Crippen molar-refractivity contribution in [1.29, 1.82) is 0 Å². The molecule has 0 atom stereocenters. The van der Waals surface area contributed by atoms with Crippen molar-refractivity contribution in [3.63, 3.8) is 0 Å². The third kappa shape index (κ3) is 2.19. The number of Topliss-reactive ketones (excluding diaryl/α,β-unsaturated/α-hetero) is 1. The Balaban J connectivity index is 2.75. The van der Waals surface area contributed by atoms with E-state index in [0.717, 1.165) is 5.56 Å². The maximum absolute atomic E-state index is 11.8. The molecule has 3 heteroatoms. The first-order valence-corrected chi connectivity index (χ1v) is 3.90. The lowest BCUT2D eigenvalue weighted by Crippen LogP contribution is -1.99. The van der Waals surface area contributed by atoms with Crippen LogP contribution in [0.5, 0.6) is 0 Å². The fourth-order valence-corrected chi connectivity index (χ4v) is 0.970. The molecule has 12 heavy (non-hydrogen) atoms. The molecule has 1 nitrogen and oxygen atoms in total. The average Bonchev–Trinajstić information content (AvgIpc) is 2.06. The minimum Gasteiger partial charge on any atom is -0.341 e. The van der Waals surface area contributed by atoms with E-state index < -0.39 is 7.56 Å². The van der Waals surface area contributed by atoms with Crippen LogP contribution in [-0.4, -0.2) is 13.3 Å². The molecule has 62 valence electrons. The van der Waals surface area contributed by atoms with Crippen molar-refractivity contribution in [2.45, 2.75) is 13.2 Å². The summed E-state index contributed by atoms with van der Waals surface area (Å²) in [4.78, 5) is 11.1. The smallest absolute Gasteiger partial charge is 0.339 e. The van der Waals surface area contributed by atoms with Crippen LogP contribution in [0.4, 0.5) is 4.32 Å². The zero-order valence-electron chi connectivity index (χ0n) is 7.01. The van der Waals surface area contributed by atoms with Crippen molar-refractivity contribution in [1.82, 2.24) is 0 Å². The Kier molecular flexibility index (Phi) is 3.03. The molecule has 0 saturated carbocycles. The first-order chi connectivity index (χ1) is 5.74. The van der Waals surface area contributed by atoms with Crippen LogP contribution < -0.4 is 0 Å². The van der Waals surface area contributed by atoms with Gasteiger partial charge >= 0.3 is 7.56 Å². The predicted molar refractivity (Wildman–Crippen MR) is 48.6 cm³/mol. The van der Waals surface area contributed by atoms with Crippen LogP contribution in [0.15, 0.2) is 24.3 Å². The van der Waals surface area contributed by atoms with Gasteiger partial charge < -0.3 is 4.32 Å². The number of ketones is 1. The topological polar surface area (TPSA) is 17.1 Å². The molecule has 0 spiro atoms. The molecule has 0 fully saturated rings. The van der Waals surface area contributed by atoms with Crippen molar-refractivity contribution < 1.29 is 9.11 Å². The highest BCUT2D eigenvalue weighted by Crippen LogP contribution is 2.05. The minimum absolute atomic E-state index is 0.0109. The van der Waals surface area contributed by atoms with Crippen LogP contribution in [0.3, 0.4) is 0 Å². The maximum atomic E-state index is 11.8. The summed E-state index contributed by atoms with van der Waals surface area (Å²) in [5.41, 5.74) is 1.70. The Labute approximate surface area is 71.9 Å². The lowest BCUT2D eigenvalue weighted by molar-refractivity contribution is 0.101.